The van der Waals surface area contributed by atoms with Gasteiger partial charge in [-0.05, 0) is 6.07 Å². The number of anilines is 1. The van der Waals surface area contributed by atoms with Gasteiger partial charge >= 0.3 is 12.1 Å². The highest BCUT2D eigenvalue weighted by Gasteiger charge is 2.67. The predicted octanol–water partition coefficient (Wildman–Crippen LogP) is 1.61. The highest BCUT2D eigenvalue weighted by Crippen LogP contribution is 2.37. The van der Waals surface area contributed by atoms with Crippen molar-refractivity contribution in [3.05, 3.63) is 34.4 Å². The molecule has 0 spiro atoms. The molecule has 1 aromatic carbocycles. The molecule has 0 aliphatic rings. The Kier molecular flexibility index (Phi) is 5.74. The third-order valence-corrected chi connectivity index (χ3v) is 3.36. The lowest BCUT2D eigenvalue weighted by Crippen LogP contribution is -2.62. The number of hydrogen-bond donors (Lipinski definition) is 2. The largest absolute Gasteiger partial charge is 0.467 e. The molecule has 0 fully saturated rings. The van der Waals surface area contributed by atoms with Gasteiger partial charge in [-0.1, -0.05) is 6.07 Å². The number of halogens is 4. The van der Waals surface area contributed by atoms with Crippen molar-refractivity contribution in [1.82, 2.24) is 0 Å². The lowest BCUT2D eigenvalue weighted by molar-refractivity contribution is -0.384. The van der Waals surface area contributed by atoms with Gasteiger partial charge in [0.15, 0.2) is 5.38 Å². The molecule has 0 heterocycles. The van der Waals surface area contributed by atoms with E-state index in [1.54, 1.807) is 0 Å². The van der Waals surface area contributed by atoms with Crippen molar-refractivity contribution in [2.75, 3.05) is 12.4 Å². The minimum atomic E-state index is -5.60. The van der Waals surface area contributed by atoms with Gasteiger partial charge in [-0.25, -0.2) is 4.79 Å². The summed E-state index contributed by atoms with van der Waals surface area (Å²) in [7, 11) is 0.571. The second-order valence-electron chi connectivity index (χ2n) is 4.41. The Morgan fingerprint density at radius 2 is 2.00 bits per heavy atom. The quantitative estimate of drug-likeness (QED) is 0.352. The number of benzene rings is 1. The molecule has 0 radical (unpaired) electrons. The fourth-order valence-corrected chi connectivity index (χ4v) is 1.88. The molecule has 0 saturated carbocycles. The molecule has 12 heteroatoms. The van der Waals surface area contributed by atoms with E-state index in [1.807, 2.05) is 5.32 Å². The molecule has 1 amide bonds. The van der Waals surface area contributed by atoms with Crippen LogP contribution in [0.1, 0.15) is 0 Å². The maximum Gasteiger partial charge on any atom is 0.430 e. The summed E-state index contributed by atoms with van der Waals surface area (Å²) in [5.41, 5.74) is -5.00. The molecule has 1 aromatic rings. The molecule has 0 aliphatic carbocycles. The van der Waals surface area contributed by atoms with Crippen LogP contribution >= 0.6 is 11.6 Å². The van der Waals surface area contributed by atoms with Crippen molar-refractivity contribution in [2.24, 2.45) is 0 Å². The van der Waals surface area contributed by atoms with Crippen molar-refractivity contribution < 1.29 is 37.5 Å². The van der Waals surface area contributed by atoms with Gasteiger partial charge in [0.2, 0.25) is 5.91 Å². The van der Waals surface area contributed by atoms with E-state index >= 15 is 0 Å². The number of alkyl halides is 4. The molecular weight excluding hydrogens is 361 g/mol. The van der Waals surface area contributed by atoms with Gasteiger partial charge in [0, 0.05) is 17.8 Å². The molecule has 0 bridgehead atoms. The molecule has 0 aromatic heterocycles. The first-order valence-corrected chi connectivity index (χ1v) is 6.45. The maximum atomic E-state index is 13.0. The van der Waals surface area contributed by atoms with E-state index in [1.165, 1.54) is 0 Å². The molecule has 1 rings (SSSR count). The number of nitro benzene ring substituents is 1. The van der Waals surface area contributed by atoms with E-state index in [0.29, 0.717) is 7.11 Å². The van der Waals surface area contributed by atoms with E-state index in [2.05, 4.69) is 4.74 Å². The molecule has 2 N–H and O–H groups in total. The van der Waals surface area contributed by atoms with Crippen LogP contribution in [0.4, 0.5) is 24.5 Å². The number of nitro groups is 1. The van der Waals surface area contributed by atoms with Crippen molar-refractivity contribution >= 4 is 34.9 Å². The highest BCUT2D eigenvalue weighted by molar-refractivity contribution is 6.35. The lowest BCUT2D eigenvalue weighted by atomic mass is 9.98. The number of ether oxygens (including phenoxy) is 1. The average molecular weight is 371 g/mol. The van der Waals surface area contributed by atoms with Crippen molar-refractivity contribution in [2.45, 2.75) is 17.2 Å². The van der Waals surface area contributed by atoms with E-state index in [4.69, 9.17) is 11.6 Å². The second-order valence-corrected chi connectivity index (χ2v) is 4.85. The number of carbonyl (C=O) groups excluding carboxylic acids is 2. The number of hydrogen-bond acceptors (Lipinski definition) is 6. The summed E-state index contributed by atoms with van der Waals surface area (Å²) >= 11 is 5.33. The van der Waals surface area contributed by atoms with Crippen molar-refractivity contribution in [1.29, 1.82) is 0 Å². The Morgan fingerprint density at radius 3 is 2.46 bits per heavy atom. The molecule has 2 unspecified atom stereocenters. The molecular formula is C12H10ClF3N2O6. The van der Waals surface area contributed by atoms with Gasteiger partial charge in [-0.15, -0.1) is 11.6 Å². The van der Waals surface area contributed by atoms with Crippen molar-refractivity contribution in [3.63, 3.8) is 0 Å². The number of rotatable bonds is 5. The molecule has 0 saturated heterocycles. The topological polar surface area (TPSA) is 119 Å². The molecule has 8 nitrogen and oxygen atoms in total. The Morgan fingerprint density at radius 1 is 1.42 bits per heavy atom. The number of methoxy groups -OCH3 is 1. The number of esters is 1. The van der Waals surface area contributed by atoms with Crippen LogP contribution in [-0.4, -0.2) is 46.2 Å². The number of amides is 1. The van der Waals surface area contributed by atoms with Gasteiger partial charge in [0.05, 0.1) is 12.0 Å². The molecule has 0 aliphatic heterocycles. The number of carbonyl (C=O) groups is 2. The normalized spacial score (nSPS) is 15.1. The number of nitrogens with zero attached hydrogens (tertiary/aromatic N) is 1. The summed E-state index contributed by atoms with van der Waals surface area (Å²) in [5.74, 6) is -3.79. The fourth-order valence-electron chi connectivity index (χ4n) is 1.61. The first-order valence-electron chi connectivity index (χ1n) is 6.02. The van der Waals surface area contributed by atoms with Gasteiger partial charge in [-0.2, -0.15) is 13.2 Å². The third-order valence-electron chi connectivity index (χ3n) is 2.85. The van der Waals surface area contributed by atoms with Gasteiger partial charge in [0.1, 0.15) is 0 Å². The van der Waals surface area contributed by atoms with Crippen LogP contribution in [-0.2, 0) is 14.3 Å². The summed E-state index contributed by atoms with van der Waals surface area (Å²) in [5, 5.41) is 19.2. The van der Waals surface area contributed by atoms with Crippen LogP contribution < -0.4 is 5.32 Å². The van der Waals surface area contributed by atoms with E-state index < -0.39 is 39.6 Å². The van der Waals surface area contributed by atoms with Crippen LogP contribution in [0.5, 0.6) is 0 Å². The SMILES string of the molecule is COC(=O)C(O)(C(Cl)C(=O)Nc1cccc([N+](=O)[O-])c1)C(F)(F)F. The molecule has 132 valence electrons. The first kappa shape index (κ1) is 19.6. The predicted molar refractivity (Wildman–Crippen MR) is 74.4 cm³/mol. The second kappa shape index (κ2) is 7.01. The fraction of sp³-hybridized carbons (Fsp3) is 0.333. The van der Waals surface area contributed by atoms with Gasteiger partial charge < -0.3 is 15.2 Å². The van der Waals surface area contributed by atoms with Crippen LogP contribution in [0, 0.1) is 10.1 Å². The zero-order valence-corrected chi connectivity index (χ0v) is 12.6. The number of nitrogens with one attached hydrogen (secondary N) is 1. The van der Waals surface area contributed by atoms with Crippen LogP contribution in [0.25, 0.3) is 0 Å². The Balaban J connectivity index is 3.11. The zero-order valence-electron chi connectivity index (χ0n) is 11.8. The highest BCUT2D eigenvalue weighted by atomic mass is 35.5. The first-order chi connectivity index (χ1) is 10.9. The summed E-state index contributed by atoms with van der Waals surface area (Å²) in [6, 6.07) is 4.23. The Bertz CT molecular complexity index is 668. The lowest BCUT2D eigenvalue weighted by Gasteiger charge is -2.30. The summed E-state index contributed by atoms with van der Waals surface area (Å²) in [6.07, 6.45) is -5.60. The summed E-state index contributed by atoms with van der Waals surface area (Å²) in [4.78, 5) is 32.9. The Hall–Kier alpha value is -2.40. The van der Waals surface area contributed by atoms with Crippen LogP contribution in [0.2, 0.25) is 0 Å². The summed E-state index contributed by atoms with van der Waals surface area (Å²) < 4.78 is 42.7. The average Bonchev–Trinajstić information content (AvgIpc) is 2.51. The smallest absolute Gasteiger partial charge is 0.430 e. The molecule has 2 atom stereocenters. The van der Waals surface area contributed by atoms with Gasteiger partial charge in [0.25, 0.3) is 11.3 Å². The summed E-state index contributed by atoms with van der Waals surface area (Å²) in [6.45, 7) is 0. The number of aliphatic hydroxyl groups is 1. The Labute approximate surface area is 137 Å². The van der Waals surface area contributed by atoms with E-state index in [-0.39, 0.29) is 5.69 Å². The minimum Gasteiger partial charge on any atom is -0.467 e. The van der Waals surface area contributed by atoms with E-state index in [9.17, 15) is 38.0 Å². The van der Waals surface area contributed by atoms with Crippen molar-refractivity contribution in [3.8, 4) is 0 Å². The zero-order chi connectivity index (χ0) is 18.7. The maximum absolute atomic E-state index is 13.0. The third kappa shape index (κ3) is 3.74. The number of non-ortho nitro benzene ring substituents is 1. The van der Waals surface area contributed by atoms with Crippen LogP contribution in [0.3, 0.4) is 0 Å². The standard InChI is InChI=1S/C12H10ClF3N2O6/c1-24-10(20)11(21,12(14,15)16)8(13)9(19)17-6-3-2-4-7(5-6)18(22)23/h2-5,8,21H,1H3,(H,17,19). The van der Waals surface area contributed by atoms with Gasteiger partial charge in [-0.3, -0.25) is 14.9 Å². The van der Waals surface area contributed by atoms with E-state index in [0.717, 1.165) is 24.3 Å². The monoisotopic (exact) mass is 370 g/mol. The molecule has 24 heavy (non-hydrogen) atoms. The van der Waals surface area contributed by atoms with Crippen LogP contribution in [0.15, 0.2) is 24.3 Å². The minimum absolute atomic E-state index is 0.255.